The highest BCUT2D eigenvalue weighted by atomic mass is 32.2. The zero-order valence-electron chi connectivity index (χ0n) is 16.8. The predicted octanol–water partition coefficient (Wildman–Crippen LogP) is 2.11. The number of carbonyl (C=O) groups excluding carboxylic acids is 2. The number of amides is 1. The number of nitrogens with zero attached hydrogens (tertiary/aromatic N) is 1. The third-order valence-electron chi connectivity index (χ3n) is 3.97. The second-order valence-electron chi connectivity index (χ2n) is 6.58. The highest BCUT2D eigenvalue weighted by Crippen LogP contribution is 2.22. The first-order valence-electron chi connectivity index (χ1n) is 8.77. The van der Waals surface area contributed by atoms with E-state index >= 15 is 0 Å². The molecule has 0 saturated heterocycles. The van der Waals surface area contributed by atoms with Crippen LogP contribution < -0.4 is 10.1 Å². The number of carbonyl (C=O) groups is 2. The van der Waals surface area contributed by atoms with Crippen LogP contribution in [-0.4, -0.2) is 51.9 Å². The molecule has 2 rings (SSSR count). The van der Waals surface area contributed by atoms with Gasteiger partial charge in [-0.05, 0) is 49.2 Å². The van der Waals surface area contributed by atoms with Crippen molar-refractivity contribution in [3.63, 3.8) is 0 Å². The highest BCUT2D eigenvalue weighted by Gasteiger charge is 2.19. The quantitative estimate of drug-likeness (QED) is 0.657. The average molecular weight is 420 g/mol. The summed E-state index contributed by atoms with van der Waals surface area (Å²) in [6, 6.07) is 11.6. The smallest absolute Gasteiger partial charge is 0.344 e. The Labute approximate surface area is 170 Å². The van der Waals surface area contributed by atoms with Crippen LogP contribution in [0.1, 0.15) is 11.1 Å². The fourth-order valence-electron chi connectivity index (χ4n) is 2.33. The number of benzene rings is 2. The first-order valence-corrected chi connectivity index (χ1v) is 10.2. The van der Waals surface area contributed by atoms with Crippen molar-refractivity contribution in [2.24, 2.45) is 0 Å². The molecular formula is C20H24N2O6S. The van der Waals surface area contributed by atoms with Gasteiger partial charge in [0, 0.05) is 19.8 Å². The van der Waals surface area contributed by atoms with Crippen molar-refractivity contribution < 1.29 is 27.5 Å². The summed E-state index contributed by atoms with van der Waals surface area (Å²) < 4.78 is 35.8. The van der Waals surface area contributed by atoms with E-state index in [-0.39, 0.29) is 11.5 Å². The summed E-state index contributed by atoms with van der Waals surface area (Å²) in [5.74, 6) is -0.750. The summed E-state index contributed by atoms with van der Waals surface area (Å²) in [5, 5.41) is 2.56. The summed E-state index contributed by atoms with van der Waals surface area (Å²) in [4.78, 5) is 23.9. The van der Waals surface area contributed by atoms with E-state index in [1.54, 1.807) is 31.2 Å². The van der Waals surface area contributed by atoms with Crippen LogP contribution in [0.15, 0.2) is 47.4 Å². The molecule has 9 heteroatoms. The lowest BCUT2D eigenvalue weighted by Gasteiger charge is -2.14. The number of sulfonamides is 1. The van der Waals surface area contributed by atoms with Gasteiger partial charge in [-0.25, -0.2) is 17.5 Å². The first-order chi connectivity index (χ1) is 13.6. The number of ether oxygens (including phenoxy) is 2. The fraction of sp³-hybridized carbons (Fsp3) is 0.300. The Morgan fingerprint density at radius 2 is 1.76 bits per heavy atom. The second kappa shape index (κ2) is 9.53. The van der Waals surface area contributed by atoms with Crippen molar-refractivity contribution in [3.05, 3.63) is 53.6 Å². The lowest BCUT2D eigenvalue weighted by molar-refractivity contribution is -0.149. The molecule has 8 nitrogen and oxygen atoms in total. The number of rotatable bonds is 8. The number of nitrogens with one attached hydrogen (secondary N) is 1. The molecule has 0 fully saturated rings. The molecule has 0 saturated carbocycles. The van der Waals surface area contributed by atoms with Gasteiger partial charge in [0.1, 0.15) is 5.75 Å². The molecule has 2 aromatic rings. The normalized spacial score (nSPS) is 11.2. The zero-order chi connectivity index (χ0) is 21.6. The van der Waals surface area contributed by atoms with E-state index in [1.165, 1.54) is 26.2 Å². The largest absolute Gasteiger partial charge is 0.482 e. The topological polar surface area (TPSA) is 102 Å². The summed E-state index contributed by atoms with van der Waals surface area (Å²) >= 11 is 0. The van der Waals surface area contributed by atoms with Gasteiger partial charge in [0.15, 0.2) is 13.2 Å². The van der Waals surface area contributed by atoms with Crippen molar-refractivity contribution in [2.75, 3.05) is 32.6 Å². The van der Waals surface area contributed by atoms with E-state index < -0.39 is 28.5 Å². The van der Waals surface area contributed by atoms with Crippen molar-refractivity contribution in [1.82, 2.24) is 4.31 Å². The van der Waals surface area contributed by atoms with Gasteiger partial charge in [-0.15, -0.1) is 0 Å². The molecule has 0 aliphatic carbocycles. The molecule has 156 valence electrons. The van der Waals surface area contributed by atoms with Gasteiger partial charge in [-0.2, -0.15) is 0 Å². The maximum atomic E-state index is 12.2. The van der Waals surface area contributed by atoms with E-state index in [0.29, 0.717) is 17.0 Å². The number of hydrogen-bond acceptors (Lipinski definition) is 6. The summed E-state index contributed by atoms with van der Waals surface area (Å²) in [7, 11) is -0.790. The molecule has 0 unspecified atom stereocenters. The van der Waals surface area contributed by atoms with E-state index in [2.05, 4.69) is 5.32 Å². The molecule has 0 aliphatic heterocycles. The van der Waals surface area contributed by atoms with Crippen molar-refractivity contribution in [2.45, 2.75) is 18.7 Å². The highest BCUT2D eigenvalue weighted by molar-refractivity contribution is 7.89. The SMILES string of the molecule is Cc1cccc(OCC(=O)OCC(=O)Nc2cc(S(=O)(=O)N(C)C)ccc2C)c1. The third kappa shape index (κ3) is 6.30. The van der Waals surface area contributed by atoms with E-state index in [9.17, 15) is 18.0 Å². The molecule has 0 radical (unpaired) electrons. The van der Waals surface area contributed by atoms with E-state index in [1.807, 2.05) is 13.0 Å². The molecule has 0 atom stereocenters. The van der Waals surface area contributed by atoms with Gasteiger partial charge in [-0.1, -0.05) is 18.2 Å². The molecule has 1 amide bonds. The number of anilines is 1. The van der Waals surface area contributed by atoms with E-state index in [0.717, 1.165) is 9.87 Å². The second-order valence-corrected chi connectivity index (χ2v) is 8.73. The lowest BCUT2D eigenvalue weighted by atomic mass is 10.2. The summed E-state index contributed by atoms with van der Waals surface area (Å²) in [6.07, 6.45) is 0. The Morgan fingerprint density at radius 1 is 1.03 bits per heavy atom. The van der Waals surface area contributed by atoms with Crippen LogP contribution in [-0.2, 0) is 24.3 Å². The maximum absolute atomic E-state index is 12.2. The number of esters is 1. The molecule has 0 aromatic heterocycles. The predicted molar refractivity (Wildman–Crippen MR) is 108 cm³/mol. The Kier molecular flexibility index (Phi) is 7.35. The van der Waals surface area contributed by atoms with Crippen LogP contribution in [0.4, 0.5) is 5.69 Å². The molecule has 1 N–H and O–H groups in total. The van der Waals surface area contributed by atoms with Crippen LogP contribution in [0.5, 0.6) is 5.75 Å². The minimum Gasteiger partial charge on any atom is -0.482 e. The lowest BCUT2D eigenvalue weighted by Crippen LogP contribution is -2.25. The maximum Gasteiger partial charge on any atom is 0.344 e. The fourth-order valence-corrected chi connectivity index (χ4v) is 3.26. The van der Waals surface area contributed by atoms with Crippen LogP contribution in [0.25, 0.3) is 0 Å². The van der Waals surface area contributed by atoms with Gasteiger partial charge in [0.05, 0.1) is 4.90 Å². The standard InChI is InChI=1S/C20H24N2O6S/c1-14-6-5-7-16(10-14)27-13-20(24)28-12-19(23)21-18-11-17(9-8-15(18)2)29(25,26)22(3)4/h5-11H,12-13H2,1-4H3,(H,21,23). The Balaban J connectivity index is 1.91. The van der Waals surface area contributed by atoms with Crippen LogP contribution in [0.3, 0.4) is 0 Å². The molecule has 2 aromatic carbocycles. The molecular weight excluding hydrogens is 396 g/mol. The minimum absolute atomic E-state index is 0.0481. The van der Waals surface area contributed by atoms with Crippen molar-refractivity contribution >= 4 is 27.6 Å². The Hall–Kier alpha value is -2.91. The van der Waals surface area contributed by atoms with Gasteiger partial charge < -0.3 is 14.8 Å². The van der Waals surface area contributed by atoms with Crippen LogP contribution >= 0.6 is 0 Å². The average Bonchev–Trinajstić information content (AvgIpc) is 2.66. The molecule has 0 heterocycles. The van der Waals surface area contributed by atoms with Crippen LogP contribution in [0, 0.1) is 13.8 Å². The van der Waals surface area contributed by atoms with Crippen molar-refractivity contribution in [3.8, 4) is 5.75 Å². The third-order valence-corrected chi connectivity index (χ3v) is 5.78. The number of hydrogen-bond donors (Lipinski definition) is 1. The van der Waals surface area contributed by atoms with Gasteiger partial charge in [-0.3, -0.25) is 4.79 Å². The molecule has 0 spiro atoms. The monoisotopic (exact) mass is 420 g/mol. The molecule has 29 heavy (non-hydrogen) atoms. The summed E-state index contributed by atoms with van der Waals surface area (Å²) in [6.45, 7) is 2.78. The van der Waals surface area contributed by atoms with Crippen molar-refractivity contribution in [1.29, 1.82) is 0 Å². The summed E-state index contributed by atoms with van der Waals surface area (Å²) in [5.41, 5.74) is 1.99. The van der Waals surface area contributed by atoms with E-state index in [4.69, 9.17) is 9.47 Å². The van der Waals surface area contributed by atoms with Gasteiger partial charge in [0.25, 0.3) is 5.91 Å². The van der Waals surface area contributed by atoms with Crippen LogP contribution in [0.2, 0.25) is 0 Å². The molecule has 0 bridgehead atoms. The minimum atomic E-state index is -3.63. The Morgan fingerprint density at radius 3 is 2.41 bits per heavy atom. The molecule has 0 aliphatic rings. The Bertz CT molecular complexity index is 1000. The number of aryl methyl sites for hydroxylation is 2. The first kappa shape index (κ1) is 22.4. The van der Waals surface area contributed by atoms with Gasteiger partial charge in [0.2, 0.25) is 10.0 Å². The van der Waals surface area contributed by atoms with Gasteiger partial charge >= 0.3 is 5.97 Å². The zero-order valence-corrected chi connectivity index (χ0v) is 17.6.